The van der Waals surface area contributed by atoms with E-state index in [1.165, 1.54) is 0 Å². The lowest BCUT2D eigenvalue weighted by molar-refractivity contribution is 0.0933. The summed E-state index contributed by atoms with van der Waals surface area (Å²) >= 11 is 0. The maximum Gasteiger partial charge on any atom is 0.253 e. The van der Waals surface area contributed by atoms with Crippen LogP contribution < -0.4 is 5.32 Å². The van der Waals surface area contributed by atoms with Gasteiger partial charge in [-0.1, -0.05) is 60.7 Å². The predicted molar refractivity (Wildman–Crippen MR) is 99.2 cm³/mol. The van der Waals surface area contributed by atoms with E-state index in [9.17, 15) is 8.78 Å². The zero-order valence-electron chi connectivity index (χ0n) is 14.6. The fourth-order valence-electron chi connectivity index (χ4n) is 2.89. The Morgan fingerprint density at radius 3 is 2.19 bits per heavy atom. The summed E-state index contributed by atoms with van der Waals surface area (Å²) in [5.41, 5.74) is 3.14. The molecule has 0 saturated heterocycles. The minimum Gasteiger partial charge on any atom is -0.305 e. The molecular weight excluding hydrogens is 332 g/mol. The van der Waals surface area contributed by atoms with Crippen molar-refractivity contribution in [2.45, 2.75) is 38.4 Å². The number of hydrogen-bond acceptors (Lipinski definition) is 2. The lowest BCUT2D eigenvalue weighted by Gasteiger charge is -2.17. The van der Waals surface area contributed by atoms with E-state index in [1.807, 2.05) is 71.5 Å². The van der Waals surface area contributed by atoms with Gasteiger partial charge in [0.2, 0.25) is 0 Å². The average molecular weight is 355 g/mol. The number of halogens is 2. The molecular formula is C21H23F2N3. The molecule has 1 N–H and O–H groups in total. The van der Waals surface area contributed by atoms with Gasteiger partial charge in [-0.15, -0.1) is 0 Å². The van der Waals surface area contributed by atoms with Crippen LogP contribution in [0, 0.1) is 0 Å². The first-order chi connectivity index (χ1) is 12.7. The normalized spacial score (nSPS) is 12.4. The Morgan fingerprint density at radius 1 is 0.885 bits per heavy atom. The predicted octanol–water partition coefficient (Wildman–Crippen LogP) is 4.29. The summed E-state index contributed by atoms with van der Waals surface area (Å²) < 4.78 is 28.5. The van der Waals surface area contributed by atoms with Gasteiger partial charge < -0.3 is 5.32 Å². The number of hydrogen-bond donors (Lipinski definition) is 1. The molecule has 2 aromatic carbocycles. The fraction of sp³-hybridized carbons (Fsp3) is 0.286. The van der Waals surface area contributed by atoms with E-state index in [2.05, 4.69) is 10.4 Å². The maximum absolute atomic E-state index is 13.3. The highest BCUT2D eigenvalue weighted by Gasteiger charge is 2.19. The van der Waals surface area contributed by atoms with Gasteiger partial charge in [-0.05, 0) is 24.0 Å². The Morgan fingerprint density at radius 2 is 1.54 bits per heavy atom. The van der Waals surface area contributed by atoms with E-state index in [0.717, 1.165) is 16.7 Å². The van der Waals surface area contributed by atoms with Gasteiger partial charge in [-0.25, -0.2) is 8.78 Å². The van der Waals surface area contributed by atoms with Crippen molar-refractivity contribution in [2.24, 2.45) is 0 Å². The van der Waals surface area contributed by atoms with E-state index >= 15 is 0 Å². The van der Waals surface area contributed by atoms with Crippen LogP contribution in [0.1, 0.15) is 23.1 Å². The van der Waals surface area contributed by atoms with Crippen LogP contribution in [-0.4, -0.2) is 22.2 Å². The van der Waals surface area contributed by atoms with Gasteiger partial charge in [0, 0.05) is 18.3 Å². The quantitative estimate of drug-likeness (QED) is 0.621. The number of aromatic nitrogens is 2. The van der Waals surface area contributed by atoms with Gasteiger partial charge in [-0.3, -0.25) is 4.68 Å². The number of nitrogens with zero attached hydrogens (tertiary/aromatic N) is 2. The van der Waals surface area contributed by atoms with Crippen LogP contribution in [0.3, 0.4) is 0 Å². The highest BCUT2D eigenvalue weighted by atomic mass is 19.3. The van der Waals surface area contributed by atoms with Gasteiger partial charge in [0.1, 0.15) is 0 Å². The molecule has 0 radical (unpaired) electrons. The Kier molecular flexibility index (Phi) is 6.50. The molecule has 0 spiro atoms. The molecule has 5 heteroatoms. The van der Waals surface area contributed by atoms with E-state index in [0.29, 0.717) is 25.9 Å². The highest BCUT2D eigenvalue weighted by Crippen LogP contribution is 2.12. The molecule has 136 valence electrons. The number of alkyl halides is 2. The van der Waals surface area contributed by atoms with Crippen molar-refractivity contribution in [3.63, 3.8) is 0 Å². The van der Waals surface area contributed by atoms with Gasteiger partial charge >= 0.3 is 0 Å². The van der Waals surface area contributed by atoms with Crippen LogP contribution in [0.5, 0.6) is 0 Å². The summed E-state index contributed by atoms with van der Waals surface area (Å²) in [4.78, 5) is 0. The molecule has 3 aromatic rings. The van der Waals surface area contributed by atoms with Crippen LogP contribution in [0.4, 0.5) is 8.78 Å². The lowest BCUT2D eigenvalue weighted by atomic mass is 10.1. The number of rotatable bonds is 9. The third-order valence-corrected chi connectivity index (χ3v) is 4.33. The van der Waals surface area contributed by atoms with E-state index in [-0.39, 0.29) is 0 Å². The van der Waals surface area contributed by atoms with Crippen LogP contribution in [-0.2, 0) is 19.5 Å². The van der Waals surface area contributed by atoms with E-state index in [1.54, 1.807) is 6.20 Å². The van der Waals surface area contributed by atoms with E-state index in [4.69, 9.17) is 0 Å². The molecule has 26 heavy (non-hydrogen) atoms. The molecule has 3 rings (SSSR count). The summed E-state index contributed by atoms with van der Waals surface area (Å²) in [5.74, 6) is 0. The molecule has 0 aliphatic rings. The van der Waals surface area contributed by atoms with Crippen molar-refractivity contribution in [1.29, 1.82) is 0 Å². The summed E-state index contributed by atoms with van der Waals surface area (Å²) in [5, 5.41) is 7.30. The molecule has 0 unspecified atom stereocenters. The summed E-state index contributed by atoms with van der Waals surface area (Å²) in [6.07, 6.45) is 2.28. The Hall–Kier alpha value is -2.53. The van der Waals surface area contributed by atoms with Crippen LogP contribution in [0.25, 0.3) is 0 Å². The maximum atomic E-state index is 13.3. The molecule has 0 aliphatic carbocycles. The molecule has 1 heterocycles. The largest absolute Gasteiger partial charge is 0.305 e. The monoisotopic (exact) mass is 355 g/mol. The second kappa shape index (κ2) is 9.25. The smallest absolute Gasteiger partial charge is 0.253 e. The lowest BCUT2D eigenvalue weighted by Crippen LogP contribution is -2.35. The Bertz CT molecular complexity index is 772. The van der Waals surface area contributed by atoms with Crippen molar-refractivity contribution < 1.29 is 8.78 Å². The SMILES string of the molecule is FC(F)[C@@H](CCc1ccccc1)NCc1cnn(Cc2ccccc2)c1. The molecule has 3 nitrogen and oxygen atoms in total. The minimum absolute atomic E-state index is 0.387. The Balaban J connectivity index is 1.51. The molecule has 0 amide bonds. The summed E-state index contributed by atoms with van der Waals surface area (Å²) in [6.45, 7) is 1.06. The fourth-order valence-corrected chi connectivity index (χ4v) is 2.89. The second-order valence-electron chi connectivity index (χ2n) is 6.38. The van der Waals surface area contributed by atoms with Crippen LogP contribution in [0.15, 0.2) is 73.1 Å². The standard InChI is InChI=1S/C21H23F2N3/c22-21(23)20(12-11-17-7-3-1-4-8-17)24-13-19-14-25-26(16-19)15-18-9-5-2-6-10-18/h1-10,14,16,20-21,24H,11-13,15H2/t20-/m1/s1. The molecule has 0 saturated carbocycles. The second-order valence-corrected chi connectivity index (χ2v) is 6.38. The zero-order chi connectivity index (χ0) is 18.2. The number of aryl methyl sites for hydroxylation is 1. The Labute approximate surface area is 152 Å². The van der Waals surface area contributed by atoms with Crippen molar-refractivity contribution in [1.82, 2.24) is 15.1 Å². The average Bonchev–Trinajstić information content (AvgIpc) is 3.10. The highest BCUT2D eigenvalue weighted by molar-refractivity contribution is 5.16. The van der Waals surface area contributed by atoms with Gasteiger partial charge in [0.05, 0.1) is 18.8 Å². The van der Waals surface area contributed by atoms with Gasteiger partial charge in [0.25, 0.3) is 6.43 Å². The molecule has 0 bridgehead atoms. The third-order valence-electron chi connectivity index (χ3n) is 4.33. The first-order valence-electron chi connectivity index (χ1n) is 8.81. The zero-order valence-corrected chi connectivity index (χ0v) is 14.6. The van der Waals surface area contributed by atoms with Gasteiger partial charge in [-0.2, -0.15) is 5.10 Å². The van der Waals surface area contributed by atoms with Crippen molar-refractivity contribution in [3.05, 3.63) is 89.7 Å². The minimum atomic E-state index is -2.39. The first kappa shape index (κ1) is 18.3. The summed E-state index contributed by atoms with van der Waals surface area (Å²) in [7, 11) is 0. The molecule has 0 aliphatic heterocycles. The first-order valence-corrected chi connectivity index (χ1v) is 8.81. The van der Waals surface area contributed by atoms with Crippen molar-refractivity contribution >= 4 is 0 Å². The van der Waals surface area contributed by atoms with Crippen molar-refractivity contribution in [3.8, 4) is 0 Å². The number of nitrogens with one attached hydrogen (secondary N) is 1. The third kappa shape index (κ3) is 5.49. The number of benzene rings is 2. The summed E-state index contributed by atoms with van der Waals surface area (Å²) in [6, 6.07) is 18.9. The van der Waals surface area contributed by atoms with Crippen molar-refractivity contribution in [2.75, 3.05) is 0 Å². The van der Waals surface area contributed by atoms with Crippen LogP contribution >= 0.6 is 0 Å². The topological polar surface area (TPSA) is 29.9 Å². The molecule has 1 aromatic heterocycles. The van der Waals surface area contributed by atoms with Gasteiger partial charge in [0.15, 0.2) is 0 Å². The molecule has 0 fully saturated rings. The van der Waals surface area contributed by atoms with E-state index < -0.39 is 12.5 Å². The van der Waals surface area contributed by atoms with Crippen LogP contribution in [0.2, 0.25) is 0 Å². The molecule has 1 atom stereocenters.